The predicted octanol–water partition coefficient (Wildman–Crippen LogP) is 1.62. The first-order chi connectivity index (χ1) is 9.98. The highest BCUT2D eigenvalue weighted by Gasteiger charge is 2.31. The number of hydrogen-bond donors (Lipinski definition) is 0. The summed E-state index contributed by atoms with van der Waals surface area (Å²) < 4.78 is 34.1. The van der Waals surface area contributed by atoms with E-state index in [-0.39, 0.29) is 11.1 Å². The van der Waals surface area contributed by atoms with E-state index in [1.54, 1.807) is 6.20 Å². The van der Waals surface area contributed by atoms with Gasteiger partial charge in [0, 0.05) is 31.7 Å². The van der Waals surface area contributed by atoms with Crippen molar-refractivity contribution in [3.8, 4) is 0 Å². The van der Waals surface area contributed by atoms with Crippen molar-refractivity contribution in [3.05, 3.63) is 12.0 Å². The molecule has 1 aromatic heterocycles. The molecule has 2 rings (SSSR count). The Hall–Kier alpha value is -0.630. The molecule has 0 atom stereocenters. The standard InChI is InChI=1S/C13H22ClN3O3S/c1-3-16-10-13(15-11(16)2)21(18,19)17-7-4-12(5-8-17)20-9-6-14/h10,12H,3-9H2,1-2H3. The number of halogens is 1. The molecule has 0 spiro atoms. The number of rotatable bonds is 6. The van der Waals surface area contributed by atoms with Crippen molar-refractivity contribution in [1.29, 1.82) is 0 Å². The Kier molecular flexibility index (Phi) is 5.65. The number of sulfonamides is 1. The predicted molar refractivity (Wildman–Crippen MR) is 81.1 cm³/mol. The van der Waals surface area contributed by atoms with Crippen LogP contribution in [0, 0.1) is 6.92 Å². The fraction of sp³-hybridized carbons (Fsp3) is 0.769. The van der Waals surface area contributed by atoms with E-state index < -0.39 is 10.0 Å². The quantitative estimate of drug-likeness (QED) is 0.741. The molecule has 2 heterocycles. The van der Waals surface area contributed by atoms with Gasteiger partial charge in [-0.1, -0.05) is 0 Å². The van der Waals surface area contributed by atoms with Gasteiger partial charge in [-0.3, -0.25) is 0 Å². The third-order valence-corrected chi connectivity index (χ3v) is 5.66. The highest BCUT2D eigenvalue weighted by atomic mass is 35.5. The van der Waals surface area contributed by atoms with Gasteiger partial charge in [-0.05, 0) is 26.7 Å². The molecule has 1 aromatic rings. The summed E-state index contributed by atoms with van der Waals surface area (Å²) in [6.07, 6.45) is 3.11. The van der Waals surface area contributed by atoms with Crippen molar-refractivity contribution < 1.29 is 13.2 Å². The maximum Gasteiger partial charge on any atom is 0.262 e. The number of alkyl halides is 1. The molecule has 1 fully saturated rings. The third-order valence-electron chi connectivity index (χ3n) is 3.73. The first-order valence-corrected chi connectivity index (χ1v) is 9.18. The van der Waals surface area contributed by atoms with Crippen LogP contribution in [0.3, 0.4) is 0 Å². The molecule has 0 unspecified atom stereocenters. The lowest BCUT2D eigenvalue weighted by Gasteiger charge is -2.30. The van der Waals surface area contributed by atoms with Gasteiger partial charge >= 0.3 is 0 Å². The average Bonchev–Trinajstić information content (AvgIpc) is 2.87. The number of nitrogens with zero attached hydrogens (tertiary/aromatic N) is 3. The summed E-state index contributed by atoms with van der Waals surface area (Å²) in [5.74, 6) is 1.18. The second-order valence-corrected chi connectivity index (χ2v) is 7.34. The van der Waals surface area contributed by atoms with Crippen molar-refractivity contribution in [2.45, 2.75) is 44.4 Å². The van der Waals surface area contributed by atoms with Crippen LogP contribution in [0.15, 0.2) is 11.2 Å². The van der Waals surface area contributed by atoms with Gasteiger partial charge in [-0.2, -0.15) is 4.31 Å². The summed E-state index contributed by atoms with van der Waals surface area (Å²) in [4.78, 5) is 4.18. The van der Waals surface area contributed by atoms with Gasteiger partial charge in [0.05, 0.1) is 12.7 Å². The van der Waals surface area contributed by atoms with E-state index in [0.29, 0.717) is 45.0 Å². The molecule has 1 saturated heterocycles. The summed E-state index contributed by atoms with van der Waals surface area (Å²) in [6, 6.07) is 0. The minimum Gasteiger partial charge on any atom is -0.377 e. The summed E-state index contributed by atoms with van der Waals surface area (Å²) >= 11 is 5.59. The number of piperidine rings is 1. The van der Waals surface area contributed by atoms with Gasteiger partial charge in [0.15, 0.2) is 5.03 Å². The molecule has 0 N–H and O–H groups in total. The van der Waals surface area contributed by atoms with Crippen molar-refractivity contribution >= 4 is 21.6 Å². The van der Waals surface area contributed by atoms with E-state index >= 15 is 0 Å². The van der Waals surface area contributed by atoms with Crippen molar-refractivity contribution in [3.63, 3.8) is 0 Å². The second kappa shape index (κ2) is 7.09. The number of ether oxygens (including phenoxy) is 1. The zero-order valence-corrected chi connectivity index (χ0v) is 14.0. The number of aromatic nitrogens is 2. The van der Waals surface area contributed by atoms with E-state index in [2.05, 4.69) is 4.98 Å². The van der Waals surface area contributed by atoms with E-state index in [1.165, 1.54) is 4.31 Å². The highest BCUT2D eigenvalue weighted by Crippen LogP contribution is 2.21. The van der Waals surface area contributed by atoms with Gasteiger partial charge in [0.2, 0.25) is 0 Å². The average molecular weight is 336 g/mol. The molecule has 0 radical (unpaired) electrons. The molecule has 21 heavy (non-hydrogen) atoms. The van der Waals surface area contributed by atoms with Crippen LogP contribution in [0.1, 0.15) is 25.6 Å². The molecular formula is C13H22ClN3O3S. The van der Waals surface area contributed by atoms with E-state index in [1.807, 2.05) is 18.4 Å². The Morgan fingerprint density at radius 1 is 1.43 bits per heavy atom. The van der Waals surface area contributed by atoms with Gasteiger partial charge in [0.25, 0.3) is 10.0 Å². The van der Waals surface area contributed by atoms with Crippen molar-refractivity contribution in [2.24, 2.45) is 0 Å². The molecule has 1 aliphatic rings. The molecule has 1 aliphatic heterocycles. The first kappa shape index (κ1) is 16.7. The van der Waals surface area contributed by atoms with Crippen LogP contribution in [0.4, 0.5) is 0 Å². The molecule has 0 bridgehead atoms. The van der Waals surface area contributed by atoms with Crippen molar-refractivity contribution in [1.82, 2.24) is 13.9 Å². The Morgan fingerprint density at radius 2 is 2.10 bits per heavy atom. The number of imidazole rings is 1. The molecule has 0 saturated carbocycles. The Labute approximate surface area is 131 Å². The fourth-order valence-electron chi connectivity index (χ4n) is 2.51. The Morgan fingerprint density at radius 3 is 2.62 bits per heavy atom. The van der Waals surface area contributed by atoms with E-state index in [4.69, 9.17) is 16.3 Å². The monoisotopic (exact) mass is 335 g/mol. The summed E-state index contributed by atoms with van der Waals surface area (Å²) in [5, 5.41) is 0.141. The number of hydrogen-bond acceptors (Lipinski definition) is 4. The highest BCUT2D eigenvalue weighted by molar-refractivity contribution is 7.89. The second-order valence-electron chi connectivity index (χ2n) is 5.08. The topological polar surface area (TPSA) is 64.4 Å². The molecule has 0 aromatic carbocycles. The van der Waals surface area contributed by atoms with Gasteiger partial charge in [-0.15, -0.1) is 11.6 Å². The fourth-order valence-corrected chi connectivity index (χ4v) is 4.06. The third kappa shape index (κ3) is 3.77. The van der Waals surface area contributed by atoms with Gasteiger partial charge in [-0.25, -0.2) is 13.4 Å². The molecule has 0 aliphatic carbocycles. The minimum atomic E-state index is -3.50. The van der Waals surface area contributed by atoms with E-state index in [0.717, 1.165) is 5.82 Å². The van der Waals surface area contributed by atoms with Crippen LogP contribution in [-0.4, -0.2) is 54.0 Å². The first-order valence-electron chi connectivity index (χ1n) is 7.20. The summed E-state index contributed by atoms with van der Waals surface area (Å²) in [7, 11) is -3.50. The van der Waals surface area contributed by atoms with Gasteiger partial charge in [0.1, 0.15) is 5.82 Å². The Balaban J connectivity index is 2.04. The van der Waals surface area contributed by atoms with Crippen LogP contribution in [0.2, 0.25) is 0 Å². The largest absolute Gasteiger partial charge is 0.377 e. The molecule has 6 nitrogen and oxygen atoms in total. The van der Waals surface area contributed by atoms with E-state index in [9.17, 15) is 8.42 Å². The molecule has 8 heteroatoms. The smallest absolute Gasteiger partial charge is 0.262 e. The molecule has 0 amide bonds. The van der Waals surface area contributed by atoms with Crippen LogP contribution < -0.4 is 0 Å². The zero-order valence-electron chi connectivity index (χ0n) is 12.5. The lowest BCUT2D eigenvalue weighted by Crippen LogP contribution is -2.41. The van der Waals surface area contributed by atoms with Gasteiger partial charge < -0.3 is 9.30 Å². The van der Waals surface area contributed by atoms with Crippen LogP contribution in [-0.2, 0) is 21.3 Å². The van der Waals surface area contributed by atoms with Crippen LogP contribution in [0.5, 0.6) is 0 Å². The molecular weight excluding hydrogens is 314 g/mol. The molecule has 120 valence electrons. The normalized spacial score (nSPS) is 18.2. The SMILES string of the molecule is CCn1cc(S(=O)(=O)N2CCC(OCCCl)CC2)nc1C. The maximum atomic E-state index is 12.6. The van der Waals surface area contributed by atoms with Crippen LogP contribution >= 0.6 is 11.6 Å². The van der Waals surface area contributed by atoms with Crippen LogP contribution in [0.25, 0.3) is 0 Å². The number of aryl methyl sites for hydroxylation is 2. The lowest BCUT2D eigenvalue weighted by atomic mass is 10.1. The lowest BCUT2D eigenvalue weighted by molar-refractivity contribution is 0.0301. The minimum absolute atomic E-state index is 0.102. The van der Waals surface area contributed by atoms with Crippen molar-refractivity contribution in [2.75, 3.05) is 25.6 Å². The summed E-state index contributed by atoms with van der Waals surface area (Å²) in [6.45, 7) is 5.93. The Bertz CT molecular complexity index is 565. The zero-order chi connectivity index (χ0) is 15.5. The summed E-state index contributed by atoms with van der Waals surface area (Å²) in [5.41, 5.74) is 0. The maximum absolute atomic E-state index is 12.6.